The van der Waals surface area contributed by atoms with Gasteiger partial charge in [-0.15, -0.1) is 0 Å². The number of nitrogens with zero attached hydrogens (tertiary/aromatic N) is 2. The van der Waals surface area contributed by atoms with Crippen molar-refractivity contribution < 1.29 is 9.53 Å². The van der Waals surface area contributed by atoms with Gasteiger partial charge >= 0.3 is 5.97 Å². The Bertz CT molecular complexity index is 325. The molecule has 0 aliphatic rings. The molecule has 18 heavy (non-hydrogen) atoms. The summed E-state index contributed by atoms with van der Waals surface area (Å²) < 4.78 is 6.91. The summed E-state index contributed by atoms with van der Waals surface area (Å²) in [7, 11) is 0. The maximum absolute atomic E-state index is 11.3. The van der Waals surface area contributed by atoms with E-state index in [2.05, 4.69) is 17.3 Å². The van der Waals surface area contributed by atoms with Crippen LogP contribution in [0.5, 0.6) is 0 Å². The number of ether oxygens (including phenoxy) is 1. The number of rotatable bonds is 9. The van der Waals surface area contributed by atoms with Gasteiger partial charge in [-0.3, -0.25) is 9.48 Å². The number of hydrogen-bond acceptors (Lipinski definition) is 4. The van der Waals surface area contributed by atoms with Gasteiger partial charge in [0.15, 0.2) is 0 Å². The molecule has 0 aliphatic carbocycles. The second kappa shape index (κ2) is 8.69. The van der Waals surface area contributed by atoms with E-state index < -0.39 is 0 Å². The summed E-state index contributed by atoms with van der Waals surface area (Å²) in [5.74, 6) is -0.122. The van der Waals surface area contributed by atoms with E-state index in [0.29, 0.717) is 25.6 Å². The molecule has 1 rings (SSSR count). The van der Waals surface area contributed by atoms with Crippen LogP contribution in [0.15, 0.2) is 18.5 Å². The van der Waals surface area contributed by atoms with E-state index >= 15 is 0 Å². The minimum Gasteiger partial charge on any atom is -0.466 e. The third kappa shape index (κ3) is 6.39. The fourth-order valence-electron chi connectivity index (χ4n) is 1.57. The number of esters is 1. The first-order valence-corrected chi connectivity index (χ1v) is 6.58. The summed E-state index contributed by atoms with van der Waals surface area (Å²) in [4.78, 5) is 11.3. The van der Waals surface area contributed by atoms with Crippen molar-refractivity contribution in [2.75, 3.05) is 13.2 Å². The molecule has 0 spiro atoms. The SMILES string of the molecule is CCCOC(=O)CCNC(C)CCn1cccn1. The highest BCUT2D eigenvalue weighted by atomic mass is 16.5. The molecule has 0 saturated heterocycles. The smallest absolute Gasteiger partial charge is 0.307 e. The quantitative estimate of drug-likeness (QED) is 0.679. The fraction of sp³-hybridized carbons (Fsp3) is 0.692. The Balaban J connectivity index is 2.02. The summed E-state index contributed by atoms with van der Waals surface area (Å²) in [5, 5.41) is 7.46. The first-order valence-electron chi connectivity index (χ1n) is 6.58. The van der Waals surface area contributed by atoms with E-state index in [9.17, 15) is 4.79 Å². The number of aryl methyl sites for hydroxylation is 1. The maximum Gasteiger partial charge on any atom is 0.307 e. The predicted molar refractivity (Wildman–Crippen MR) is 70.2 cm³/mol. The number of carbonyl (C=O) groups excluding carboxylic acids is 1. The van der Waals surface area contributed by atoms with Crippen LogP contribution in [0.3, 0.4) is 0 Å². The molecule has 0 bridgehead atoms. The molecule has 1 aromatic heterocycles. The van der Waals surface area contributed by atoms with Crippen molar-refractivity contribution >= 4 is 5.97 Å². The van der Waals surface area contributed by atoms with Crippen LogP contribution in [0.2, 0.25) is 0 Å². The zero-order chi connectivity index (χ0) is 13.2. The fourth-order valence-corrected chi connectivity index (χ4v) is 1.57. The van der Waals surface area contributed by atoms with Crippen LogP contribution in [0.1, 0.15) is 33.1 Å². The summed E-state index contributed by atoms with van der Waals surface area (Å²) in [6.07, 6.45) is 6.04. The molecular formula is C13H23N3O2. The van der Waals surface area contributed by atoms with Crippen molar-refractivity contribution in [3.05, 3.63) is 18.5 Å². The van der Waals surface area contributed by atoms with Gasteiger partial charge in [0.2, 0.25) is 0 Å². The lowest BCUT2D eigenvalue weighted by molar-refractivity contribution is -0.143. The third-order valence-corrected chi connectivity index (χ3v) is 2.64. The molecular weight excluding hydrogens is 230 g/mol. The van der Waals surface area contributed by atoms with Crippen molar-refractivity contribution in [1.29, 1.82) is 0 Å². The zero-order valence-corrected chi connectivity index (χ0v) is 11.3. The van der Waals surface area contributed by atoms with Gasteiger partial charge in [-0.1, -0.05) is 6.92 Å². The number of aromatic nitrogens is 2. The van der Waals surface area contributed by atoms with Crippen molar-refractivity contribution in [2.45, 2.75) is 45.7 Å². The first kappa shape index (κ1) is 14.7. The van der Waals surface area contributed by atoms with E-state index in [4.69, 9.17) is 4.74 Å². The summed E-state index contributed by atoms with van der Waals surface area (Å²) >= 11 is 0. The van der Waals surface area contributed by atoms with Gasteiger partial charge in [0.05, 0.1) is 13.0 Å². The maximum atomic E-state index is 11.3. The minimum absolute atomic E-state index is 0.122. The molecule has 5 heteroatoms. The largest absolute Gasteiger partial charge is 0.466 e. The molecule has 1 aromatic rings. The van der Waals surface area contributed by atoms with Crippen LogP contribution < -0.4 is 5.32 Å². The highest BCUT2D eigenvalue weighted by molar-refractivity contribution is 5.69. The molecule has 1 unspecified atom stereocenters. The van der Waals surface area contributed by atoms with Crippen LogP contribution in [0.4, 0.5) is 0 Å². The van der Waals surface area contributed by atoms with Crippen molar-refractivity contribution in [1.82, 2.24) is 15.1 Å². The summed E-state index contributed by atoms with van der Waals surface area (Å²) in [6.45, 7) is 6.18. The monoisotopic (exact) mass is 253 g/mol. The van der Waals surface area contributed by atoms with E-state index in [-0.39, 0.29) is 5.97 Å². The van der Waals surface area contributed by atoms with Crippen molar-refractivity contribution in [2.24, 2.45) is 0 Å². The number of carbonyl (C=O) groups is 1. The number of hydrogen-bond donors (Lipinski definition) is 1. The standard InChI is InChI=1S/C13H23N3O2/c1-3-11-18-13(17)5-8-14-12(2)6-10-16-9-4-7-15-16/h4,7,9,12,14H,3,5-6,8,10-11H2,1-2H3. The molecule has 102 valence electrons. The highest BCUT2D eigenvalue weighted by Crippen LogP contribution is 1.96. The van der Waals surface area contributed by atoms with Crippen LogP contribution in [-0.2, 0) is 16.1 Å². The van der Waals surface area contributed by atoms with E-state index in [1.54, 1.807) is 6.20 Å². The van der Waals surface area contributed by atoms with Gasteiger partial charge in [0.25, 0.3) is 0 Å². The van der Waals surface area contributed by atoms with Crippen molar-refractivity contribution in [3.8, 4) is 0 Å². The Morgan fingerprint density at radius 3 is 3.06 bits per heavy atom. The van der Waals surface area contributed by atoms with Crippen molar-refractivity contribution in [3.63, 3.8) is 0 Å². The molecule has 0 saturated carbocycles. The lowest BCUT2D eigenvalue weighted by Gasteiger charge is -2.13. The Morgan fingerprint density at radius 2 is 2.39 bits per heavy atom. The average molecular weight is 253 g/mol. The Kier molecular flexibility index (Phi) is 7.10. The first-order chi connectivity index (χ1) is 8.72. The van der Waals surface area contributed by atoms with Gasteiger partial charge in [-0.25, -0.2) is 0 Å². The third-order valence-electron chi connectivity index (χ3n) is 2.64. The van der Waals surface area contributed by atoms with E-state index in [0.717, 1.165) is 19.4 Å². The summed E-state index contributed by atoms with van der Waals surface area (Å²) in [5.41, 5.74) is 0. The second-order valence-corrected chi connectivity index (χ2v) is 4.38. The van der Waals surface area contributed by atoms with Gasteiger partial charge in [-0.2, -0.15) is 5.10 Å². The highest BCUT2D eigenvalue weighted by Gasteiger charge is 2.05. The molecule has 1 N–H and O–H groups in total. The molecule has 1 atom stereocenters. The van der Waals surface area contributed by atoms with Gasteiger partial charge in [0.1, 0.15) is 0 Å². The predicted octanol–water partition coefficient (Wildman–Crippen LogP) is 1.59. The number of nitrogens with one attached hydrogen (secondary N) is 1. The lowest BCUT2D eigenvalue weighted by atomic mass is 10.2. The molecule has 0 radical (unpaired) electrons. The molecule has 1 heterocycles. The molecule has 5 nitrogen and oxygen atoms in total. The molecule has 0 fully saturated rings. The van der Waals surface area contributed by atoms with Crippen LogP contribution >= 0.6 is 0 Å². The van der Waals surface area contributed by atoms with Gasteiger partial charge in [0, 0.05) is 31.5 Å². The van der Waals surface area contributed by atoms with E-state index in [1.807, 2.05) is 23.9 Å². The van der Waals surface area contributed by atoms with Gasteiger partial charge < -0.3 is 10.1 Å². The molecule has 0 amide bonds. The van der Waals surface area contributed by atoms with Crippen LogP contribution in [0.25, 0.3) is 0 Å². The minimum atomic E-state index is -0.122. The zero-order valence-electron chi connectivity index (χ0n) is 11.3. The Morgan fingerprint density at radius 1 is 1.56 bits per heavy atom. The Hall–Kier alpha value is -1.36. The second-order valence-electron chi connectivity index (χ2n) is 4.38. The molecule has 0 aromatic carbocycles. The topological polar surface area (TPSA) is 56.1 Å². The Labute approximate surface area is 109 Å². The average Bonchev–Trinajstić information content (AvgIpc) is 2.87. The van der Waals surface area contributed by atoms with Crippen LogP contribution in [0, 0.1) is 0 Å². The van der Waals surface area contributed by atoms with Crippen LogP contribution in [-0.4, -0.2) is 34.9 Å². The molecule has 0 aliphatic heterocycles. The lowest BCUT2D eigenvalue weighted by Crippen LogP contribution is -2.29. The van der Waals surface area contributed by atoms with Gasteiger partial charge in [-0.05, 0) is 25.8 Å². The van der Waals surface area contributed by atoms with E-state index in [1.165, 1.54) is 0 Å². The normalized spacial score (nSPS) is 12.3. The summed E-state index contributed by atoms with van der Waals surface area (Å²) in [6, 6.07) is 2.29.